The van der Waals surface area contributed by atoms with Gasteiger partial charge in [0.1, 0.15) is 0 Å². The summed E-state index contributed by atoms with van der Waals surface area (Å²) >= 11 is 0. The molecule has 3 rings (SSSR count). The number of aliphatic carboxylic acids is 1. The number of amides is 1. The number of piperidine rings is 1. The molecule has 1 amide bonds. The topological polar surface area (TPSA) is 64.1 Å². The number of carbonyl (C=O) groups is 2. The molecule has 2 aliphatic heterocycles. The second-order valence-corrected chi connectivity index (χ2v) is 7.41. The molecule has 1 unspecified atom stereocenters. The molecule has 10 heteroatoms. The van der Waals surface area contributed by atoms with Crippen molar-refractivity contribution in [1.29, 1.82) is 0 Å². The second kappa shape index (κ2) is 9.32. The minimum Gasteiger partial charge on any atom is -0.480 e. The summed E-state index contributed by atoms with van der Waals surface area (Å²) < 4.78 is 38.1. The fourth-order valence-corrected chi connectivity index (χ4v) is 4.07. The van der Waals surface area contributed by atoms with Crippen LogP contribution in [0.4, 0.5) is 18.9 Å². The van der Waals surface area contributed by atoms with Crippen LogP contribution in [0.5, 0.6) is 0 Å². The number of rotatable bonds is 5. The summed E-state index contributed by atoms with van der Waals surface area (Å²) in [6.45, 7) is 1.88. The molecule has 0 aromatic heterocycles. The second-order valence-electron chi connectivity index (χ2n) is 7.41. The highest BCUT2D eigenvalue weighted by atomic mass is 35.5. The zero-order valence-electron chi connectivity index (χ0n) is 16.1. The van der Waals surface area contributed by atoms with E-state index in [-0.39, 0.29) is 36.9 Å². The van der Waals surface area contributed by atoms with Crippen molar-refractivity contribution in [1.82, 2.24) is 9.80 Å². The maximum atomic E-state index is 12.8. The van der Waals surface area contributed by atoms with Crippen molar-refractivity contribution in [2.75, 3.05) is 38.1 Å². The van der Waals surface area contributed by atoms with Gasteiger partial charge in [0, 0.05) is 31.4 Å². The van der Waals surface area contributed by atoms with E-state index in [1.165, 1.54) is 12.1 Å². The molecule has 2 aliphatic rings. The fraction of sp³-hybridized carbons (Fsp3) is 0.579. The first kappa shape index (κ1) is 23.4. The number of hydrogen-bond acceptors (Lipinski definition) is 4. The molecular weight excluding hydrogens is 411 g/mol. The number of hydrogen-bond donors (Lipinski definition) is 1. The van der Waals surface area contributed by atoms with E-state index >= 15 is 0 Å². The molecule has 2 saturated heterocycles. The number of alkyl halides is 3. The molecule has 1 atom stereocenters. The summed E-state index contributed by atoms with van der Waals surface area (Å²) in [5, 5.41) is 8.91. The molecule has 0 bridgehead atoms. The van der Waals surface area contributed by atoms with Crippen LogP contribution in [0.1, 0.15) is 24.8 Å². The Bertz CT molecular complexity index is 722. The highest BCUT2D eigenvalue weighted by Crippen LogP contribution is 2.32. The first-order valence-corrected chi connectivity index (χ1v) is 9.31. The van der Waals surface area contributed by atoms with Crippen LogP contribution in [0.15, 0.2) is 24.3 Å². The maximum absolute atomic E-state index is 12.8. The van der Waals surface area contributed by atoms with Gasteiger partial charge in [-0.25, -0.2) is 0 Å². The summed E-state index contributed by atoms with van der Waals surface area (Å²) in [4.78, 5) is 29.2. The van der Waals surface area contributed by atoms with E-state index in [9.17, 15) is 22.8 Å². The van der Waals surface area contributed by atoms with E-state index in [0.717, 1.165) is 25.0 Å². The molecule has 162 valence electrons. The molecule has 0 aliphatic carbocycles. The quantitative estimate of drug-likeness (QED) is 0.770. The minimum atomic E-state index is -4.39. The molecule has 2 heterocycles. The lowest BCUT2D eigenvalue weighted by atomic mass is 10.0. The van der Waals surface area contributed by atoms with Crippen LogP contribution in [-0.4, -0.2) is 72.1 Å². The van der Waals surface area contributed by atoms with Gasteiger partial charge in [0.15, 0.2) is 0 Å². The zero-order chi connectivity index (χ0) is 20.5. The third kappa shape index (κ3) is 5.40. The first-order chi connectivity index (χ1) is 13.2. The number of carboxylic acid groups (broad SMARTS) is 1. The lowest BCUT2D eigenvalue weighted by molar-refractivity contribution is -0.139. The largest absolute Gasteiger partial charge is 0.480 e. The summed E-state index contributed by atoms with van der Waals surface area (Å²) in [6.07, 6.45) is -2.19. The lowest BCUT2D eigenvalue weighted by Crippen LogP contribution is -2.50. The smallest absolute Gasteiger partial charge is 0.416 e. The van der Waals surface area contributed by atoms with Gasteiger partial charge < -0.3 is 10.0 Å². The number of benzene rings is 1. The van der Waals surface area contributed by atoms with Gasteiger partial charge in [-0.3, -0.25) is 19.4 Å². The van der Waals surface area contributed by atoms with Crippen LogP contribution in [-0.2, 0) is 15.8 Å². The third-order valence-corrected chi connectivity index (χ3v) is 5.63. The summed E-state index contributed by atoms with van der Waals surface area (Å²) in [5.74, 6) is -0.944. The van der Waals surface area contributed by atoms with Crippen molar-refractivity contribution in [3.63, 3.8) is 0 Å². The first-order valence-electron chi connectivity index (χ1n) is 9.31. The average Bonchev–Trinajstić information content (AvgIpc) is 3.02. The average molecular weight is 436 g/mol. The van der Waals surface area contributed by atoms with Crippen LogP contribution in [0.25, 0.3) is 0 Å². The van der Waals surface area contributed by atoms with Crippen LogP contribution in [0, 0.1) is 0 Å². The van der Waals surface area contributed by atoms with Gasteiger partial charge in [-0.1, -0.05) is 0 Å². The van der Waals surface area contributed by atoms with Crippen LogP contribution < -0.4 is 4.90 Å². The van der Waals surface area contributed by atoms with Crippen molar-refractivity contribution in [2.45, 2.75) is 37.5 Å². The third-order valence-electron chi connectivity index (χ3n) is 5.63. The van der Waals surface area contributed by atoms with Crippen molar-refractivity contribution in [2.24, 2.45) is 0 Å². The molecule has 1 aromatic rings. The normalized spacial score (nSPS) is 21.5. The maximum Gasteiger partial charge on any atom is 0.416 e. The zero-order valence-corrected chi connectivity index (χ0v) is 16.9. The van der Waals surface area contributed by atoms with Crippen molar-refractivity contribution < 1.29 is 27.9 Å². The molecule has 0 saturated carbocycles. The van der Waals surface area contributed by atoms with Gasteiger partial charge in [-0.15, -0.1) is 12.4 Å². The Morgan fingerprint density at radius 1 is 1.14 bits per heavy atom. The van der Waals surface area contributed by atoms with E-state index in [1.54, 1.807) is 11.9 Å². The van der Waals surface area contributed by atoms with Crippen molar-refractivity contribution >= 4 is 30.0 Å². The Kier molecular flexibility index (Phi) is 7.53. The standard InChI is InChI=1S/C19H24F3N3O3.ClH/c1-23(12-17(26)27)14-6-9-24(10-7-14)16-8-11-25(18(16)28)15-4-2-13(3-5-15)19(20,21)22;/h2-5,14,16H,6-12H2,1H3,(H,26,27);1H. The summed E-state index contributed by atoms with van der Waals surface area (Å²) in [5.41, 5.74) is -0.247. The Balaban J connectivity index is 0.00000300. The molecule has 1 aromatic carbocycles. The predicted molar refractivity (Wildman–Crippen MR) is 104 cm³/mol. The van der Waals surface area contributed by atoms with E-state index in [4.69, 9.17) is 5.11 Å². The van der Waals surface area contributed by atoms with E-state index in [1.807, 2.05) is 4.90 Å². The van der Waals surface area contributed by atoms with E-state index in [0.29, 0.717) is 31.7 Å². The summed E-state index contributed by atoms with van der Waals surface area (Å²) in [6, 6.07) is 4.59. The molecule has 1 N–H and O–H groups in total. The van der Waals surface area contributed by atoms with Crippen LogP contribution in [0.3, 0.4) is 0 Å². The molecule has 0 radical (unpaired) electrons. The summed E-state index contributed by atoms with van der Waals surface area (Å²) in [7, 11) is 1.79. The van der Waals surface area contributed by atoms with Gasteiger partial charge in [-0.05, 0) is 50.6 Å². The highest BCUT2D eigenvalue weighted by molar-refractivity contribution is 5.99. The number of halogens is 4. The van der Waals surface area contributed by atoms with Gasteiger partial charge in [0.05, 0.1) is 18.2 Å². The number of nitrogens with zero attached hydrogens (tertiary/aromatic N) is 3. The Hall–Kier alpha value is -1.84. The highest BCUT2D eigenvalue weighted by Gasteiger charge is 2.39. The lowest BCUT2D eigenvalue weighted by Gasteiger charge is -2.38. The predicted octanol–water partition coefficient (Wildman–Crippen LogP) is 2.71. The molecule has 6 nitrogen and oxygen atoms in total. The van der Waals surface area contributed by atoms with E-state index < -0.39 is 17.7 Å². The number of likely N-dealkylation sites (tertiary alicyclic amines) is 1. The molecule has 29 heavy (non-hydrogen) atoms. The van der Waals surface area contributed by atoms with Gasteiger partial charge in [-0.2, -0.15) is 13.2 Å². The van der Waals surface area contributed by atoms with Gasteiger partial charge in [0.2, 0.25) is 5.91 Å². The Morgan fingerprint density at radius 2 is 1.72 bits per heavy atom. The minimum absolute atomic E-state index is 0. The van der Waals surface area contributed by atoms with Crippen molar-refractivity contribution in [3.8, 4) is 0 Å². The number of carboxylic acids is 1. The van der Waals surface area contributed by atoms with Gasteiger partial charge in [0.25, 0.3) is 0 Å². The monoisotopic (exact) mass is 435 g/mol. The Morgan fingerprint density at radius 3 is 2.24 bits per heavy atom. The number of carbonyl (C=O) groups excluding carboxylic acids is 1. The molecule has 2 fully saturated rings. The van der Waals surface area contributed by atoms with Crippen LogP contribution >= 0.6 is 12.4 Å². The van der Waals surface area contributed by atoms with Gasteiger partial charge >= 0.3 is 12.1 Å². The van der Waals surface area contributed by atoms with Crippen molar-refractivity contribution in [3.05, 3.63) is 29.8 Å². The molecular formula is C19H25ClF3N3O3. The van der Waals surface area contributed by atoms with E-state index in [2.05, 4.69) is 4.90 Å². The number of likely N-dealkylation sites (N-methyl/N-ethyl adjacent to an activating group) is 1. The fourth-order valence-electron chi connectivity index (χ4n) is 4.07. The molecule has 0 spiro atoms. The number of anilines is 1. The van der Waals surface area contributed by atoms with Crippen LogP contribution in [0.2, 0.25) is 0 Å². The SMILES string of the molecule is CN(CC(=O)O)C1CCN(C2CCN(c3ccc(C(F)(F)F)cc3)C2=O)CC1.Cl. The Labute approximate surface area is 173 Å².